The number of carbonyl (C=O) groups excluding carboxylic acids is 1. The molecule has 0 atom stereocenters. The number of para-hydroxylation sites is 1. The second-order valence-electron chi connectivity index (χ2n) is 7.23. The Balaban J connectivity index is 1.67. The van der Waals surface area contributed by atoms with Crippen LogP contribution in [0.25, 0.3) is 11.8 Å². The zero-order valence-electron chi connectivity index (χ0n) is 18.0. The van der Waals surface area contributed by atoms with Gasteiger partial charge >= 0.3 is 0 Å². The lowest BCUT2D eigenvalue weighted by atomic mass is 10.2. The number of carbonyl (C=O) groups is 1. The molecule has 164 valence electrons. The number of aryl methyl sites for hydroxylation is 1. The third-order valence-corrected chi connectivity index (χ3v) is 6.44. The molecule has 7 heteroatoms. The molecule has 0 aliphatic carbocycles. The molecule has 4 rings (SSSR count). The number of amidine groups is 1. The molecule has 0 bridgehead atoms. The Bertz CT molecular complexity index is 1170. The average molecular weight is 466 g/mol. The lowest BCUT2D eigenvalue weighted by Crippen LogP contribution is -2.32. The van der Waals surface area contributed by atoms with E-state index in [9.17, 15) is 4.79 Å². The van der Waals surface area contributed by atoms with Crippen molar-refractivity contribution in [3.63, 3.8) is 0 Å². The quantitative estimate of drug-likeness (QED) is 0.314. The van der Waals surface area contributed by atoms with E-state index in [2.05, 4.69) is 0 Å². The molecule has 1 aliphatic rings. The number of aliphatic imine (C=N–C) groups is 1. The molecule has 1 aliphatic heterocycles. The molecular weight excluding hydrogens is 442 g/mol. The number of hydrogen-bond donors (Lipinski definition) is 0. The number of thioether (sulfide) groups is 1. The van der Waals surface area contributed by atoms with Crippen molar-refractivity contribution in [2.24, 2.45) is 4.99 Å². The van der Waals surface area contributed by atoms with Crippen LogP contribution < -0.4 is 0 Å². The van der Waals surface area contributed by atoms with Gasteiger partial charge in [0.2, 0.25) is 0 Å². The summed E-state index contributed by atoms with van der Waals surface area (Å²) in [5.74, 6) is -0.0703. The maximum absolute atomic E-state index is 13.2. The van der Waals surface area contributed by atoms with E-state index in [4.69, 9.17) is 21.3 Å². The van der Waals surface area contributed by atoms with E-state index in [1.165, 1.54) is 11.8 Å². The van der Waals surface area contributed by atoms with Gasteiger partial charge in [-0.25, -0.2) is 4.99 Å². The van der Waals surface area contributed by atoms with Crippen LogP contribution in [0.4, 0.5) is 5.69 Å². The minimum atomic E-state index is -0.0703. The van der Waals surface area contributed by atoms with Gasteiger partial charge in [-0.1, -0.05) is 35.9 Å². The first-order valence-electron chi connectivity index (χ1n) is 10.4. The lowest BCUT2D eigenvalue weighted by molar-refractivity contribution is -0.122. The highest BCUT2D eigenvalue weighted by atomic mass is 35.5. The maximum Gasteiger partial charge on any atom is 0.266 e. The largest absolute Gasteiger partial charge is 0.380 e. The summed E-state index contributed by atoms with van der Waals surface area (Å²) in [5.41, 5.74) is 3.67. The van der Waals surface area contributed by atoms with Gasteiger partial charge in [-0.05, 0) is 73.6 Å². The summed E-state index contributed by atoms with van der Waals surface area (Å²) in [6, 6.07) is 19.5. The van der Waals surface area contributed by atoms with Gasteiger partial charge < -0.3 is 9.30 Å². The number of ether oxygens (including phenoxy) is 1. The molecule has 5 nitrogen and oxygen atoms in total. The van der Waals surface area contributed by atoms with Crippen LogP contribution in [0.5, 0.6) is 0 Å². The summed E-state index contributed by atoms with van der Waals surface area (Å²) in [7, 11) is 0. The van der Waals surface area contributed by atoms with E-state index in [-0.39, 0.29) is 5.91 Å². The Morgan fingerprint density at radius 3 is 2.69 bits per heavy atom. The molecule has 3 aromatic rings. The summed E-state index contributed by atoms with van der Waals surface area (Å²) < 4.78 is 7.50. The van der Waals surface area contributed by atoms with E-state index in [0.717, 1.165) is 22.6 Å². The predicted molar refractivity (Wildman–Crippen MR) is 133 cm³/mol. The first-order valence-corrected chi connectivity index (χ1v) is 11.6. The second kappa shape index (κ2) is 10.2. The Kier molecular flexibility index (Phi) is 7.15. The Hall–Kier alpha value is -2.80. The van der Waals surface area contributed by atoms with Crippen LogP contribution in [0.2, 0.25) is 5.02 Å². The molecule has 0 saturated carbocycles. The number of hydrogen-bond acceptors (Lipinski definition) is 4. The van der Waals surface area contributed by atoms with Crippen molar-refractivity contribution in [1.29, 1.82) is 0 Å². The zero-order valence-corrected chi connectivity index (χ0v) is 19.6. The van der Waals surface area contributed by atoms with Gasteiger partial charge in [-0.2, -0.15) is 0 Å². The molecule has 2 aromatic carbocycles. The van der Waals surface area contributed by atoms with Crippen LogP contribution in [0, 0.1) is 6.92 Å². The van der Waals surface area contributed by atoms with E-state index < -0.39 is 0 Å². The average Bonchev–Trinajstić information content (AvgIpc) is 3.37. The number of benzene rings is 2. The third kappa shape index (κ3) is 4.99. The molecule has 32 heavy (non-hydrogen) atoms. The Labute approximate surface area is 197 Å². The third-order valence-electron chi connectivity index (χ3n) is 5.03. The van der Waals surface area contributed by atoms with Crippen molar-refractivity contribution in [2.45, 2.75) is 13.8 Å². The fraction of sp³-hybridized carbons (Fsp3) is 0.200. The number of rotatable bonds is 7. The van der Waals surface area contributed by atoms with Crippen molar-refractivity contribution in [3.05, 3.63) is 88.0 Å². The van der Waals surface area contributed by atoms with Crippen LogP contribution in [0.1, 0.15) is 18.2 Å². The Morgan fingerprint density at radius 2 is 1.94 bits per heavy atom. The van der Waals surface area contributed by atoms with Gasteiger partial charge in [-0.3, -0.25) is 9.69 Å². The molecule has 0 spiro atoms. The van der Waals surface area contributed by atoms with Crippen molar-refractivity contribution >= 4 is 46.2 Å². The molecule has 1 fully saturated rings. The van der Waals surface area contributed by atoms with Crippen molar-refractivity contribution in [2.75, 3.05) is 19.8 Å². The van der Waals surface area contributed by atoms with E-state index in [1.807, 2.05) is 91.4 Å². The molecular formula is C25H24ClN3O2S. The minimum Gasteiger partial charge on any atom is -0.380 e. The summed E-state index contributed by atoms with van der Waals surface area (Å²) in [6.07, 6.45) is 3.87. The van der Waals surface area contributed by atoms with Crippen molar-refractivity contribution in [1.82, 2.24) is 9.47 Å². The summed E-state index contributed by atoms with van der Waals surface area (Å²) in [5, 5.41) is 1.36. The number of halogens is 1. The minimum absolute atomic E-state index is 0.0703. The summed E-state index contributed by atoms with van der Waals surface area (Å²) in [4.78, 5) is 20.3. The zero-order chi connectivity index (χ0) is 22.5. The van der Waals surface area contributed by atoms with Gasteiger partial charge in [0.25, 0.3) is 5.91 Å². The van der Waals surface area contributed by atoms with Gasteiger partial charge in [0.15, 0.2) is 5.17 Å². The standard InChI is InChI=1S/C25H24ClN3O2S/c1-3-31-15-14-29-24(30)23(32-25(29)27-19-8-5-4-6-9-19)17-20-10-7-13-28(20)21-12-11-18(2)22(26)16-21/h4-13,16-17H,3,14-15H2,1-2H3/b23-17-,27-25?. The lowest BCUT2D eigenvalue weighted by Gasteiger charge is -2.15. The second-order valence-corrected chi connectivity index (χ2v) is 8.65. The van der Waals surface area contributed by atoms with Gasteiger partial charge in [0, 0.05) is 29.2 Å². The van der Waals surface area contributed by atoms with Gasteiger partial charge in [0.05, 0.1) is 23.7 Å². The van der Waals surface area contributed by atoms with Gasteiger partial charge in [-0.15, -0.1) is 0 Å². The highest BCUT2D eigenvalue weighted by molar-refractivity contribution is 8.18. The highest BCUT2D eigenvalue weighted by Crippen LogP contribution is 2.34. The van der Waals surface area contributed by atoms with Crippen LogP contribution in [0.3, 0.4) is 0 Å². The van der Waals surface area contributed by atoms with Crippen LogP contribution in [-0.2, 0) is 9.53 Å². The summed E-state index contributed by atoms with van der Waals surface area (Å²) in [6.45, 7) is 5.44. The predicted octanol–water partition coefficient (Wildman–Crippen LogP) is 6.08. The number of nitrogens with zero attached hydrogens (tertiary/aromatic N) is 3. The molecule has 2 heterocycles. The highest BCUT2D eigenvalue weighted by Gasteiger charge is 2.33. The molecule has 1 aromatic heterocycles. The van der Waals surface area contributed by atoms with Gasteiger partial charge in [0.1, 0.15) is 0 Å². The first-order chi connectivity index (χ1) is 15.6. The monoisotopic (exact) mass is 465 g/mol. The molecule has 1 amide bonds. The molecule has 0 N–H and O–H groups in total. The van der Waals surface area contributed by atoms with Crippen LogP contribution in [-0.4, -0.2) is 40.3 Å². The molecule has 0 unspecified atom stereocenters. The van der Waals surface area contributed by atoms with Crippen molar-refractivity contribution in [3.8, 4) is 5.69 Å². The van der Waals surface area contributed by atoms with E-state index in [0.29, 0.717) is 34.9 Å². The van der Waals surface area contributed by atoms with E-state index >= 15 is 0 Å². The van der Waals surface area contributed by atoms with Crippen LogP contribution >= 0.6 is 23.4 Å². The summed E-state index contributed by atoms with van der Waals surface area (Å²) >= 11 is 7.71. The topological polar surface area (TPSA) is 46.8 Å². The smallest absolute Gasteiger partial charge is 0.266 e. The molecule has 1 saturated heterocycles. The normalized spacial score (nSPS) is 16.5. The maximum atomic E-state index is 13.2. The number of aromatic nitrogens is 1. The van der Waals surface area contributed by atoms with Crippen molar-refractivity contribution < 1.29 is 9.53 Å². The fourth-order valence-electron chi connectivity index (χ4n) is 3.31. The van der Waals surface area contributed by atoms with Crippen LogP contribution in [0.15, 0.2) is 76.8 Å². The fourth-order valence-corrected chi connectivity index (χ4v) is 4.50. The number of amides is 1. The first kappa shape index (κ1) is 22.4. The Morgan fingerprint density at radius 1 is 1.12 bits per heavy atom. The SMILES string of the molecule is CCOCCN1C(=O)/C(=C/c2cccn2-c2ccc(C)c(Cl)c2)SC1=Nc1ccccc1. The van der Waals surface area contributed by atoms with E-state index in [1.54, 1.807) is 4.90 Å². The molecule has 0 radical (unpaired) electrons.